The first-order chi connectivity index (χ1) is 16.5. The summed E-state index contributed by atoms with van der Waals surface area (Å²) >= 11 is 5.28. The maximum absolute atomic E-state index is 14.5. The number of hydrogen-bond acceptors (Lipinski definition) is 5. The molecule has 7 rings (SSSR count). The van der Waals surface area contributed by atoms with Crippen molar-refractivity contribution in [1.82, 2.24) is 19.7 Å². The molecule has 8 heteroatoms. The van der Waals surface area contributed by atoms with Crippen molar-refractivity contribution >= 4 is 40.4 Å². The monoisotopic (exact) mass is 463 g/mol. The number of carbonyl (C=O) groups excluding carboxylic acids is 1. The van der Waals surface area contributed by atoms with Crippen LogP contribution in [0.5, 0.6) is 0 Å². The number of rotatable bonds is 1. The van der Waals surface area contributed by atoms with E-state index in [9.17, 15) is 9.59 Å². The summed E-state index contributed by atoms with van der Waals surface area (Å²) in [5, 5.41) is 9.99. The van der Waals surface area contributed by atoms with Crippen LogP contribution in [0.2, 0.25) is 0 Å². The van der Waals surface area contributed by atoms with Crippen LogP contribution in [0, 0.1) is 11.7 Å². The number of aromatic amines is 2. The van der Waals surface area contributed by atoms with Crippen molar-refractivity contribution in [2.24, 2.45) is 0 Å². The Hall–Kier alpha value is -4.30. The number of aromatic nitrogens is 4. The zero-order chi connectivity index (χ0) is 23.2. The molecular formula is C26H17N5O2S. The maximum Gasteiger partial charge on any atom is 0.258 e. The Morgan fingerprint density at radius 1 is 0.912 bits per heavy atom. The summed E-state index contributed by atoms with van der Waals surface area (Å²) in [6.45, 7) is 1.88. The second-order valence-electron chi connectivity index (χ2n) is 8.63. The zero-order valence-corrected chi connectivity index (χ0v) is 18.8. The van der Waals surface area contributed by atoms with Crippen LogP contribution in [-0.4, -0.2) is 25.5 Å². The van der Waals surface area contributed by atoms with Gasteiger partial charge in [-0.1, -0.05) is 54.6 Å². The number of ketones is 1. The molecule has 0 amide bonds. The molecule has 1 aliphatic heterocycles. The first kappa shape index (κ1) is 19.2. The second kappa shape index (κ2) is 6.39. The summed E-state index contributed by atoms with van der Waals surface area (Å²) < 4.78 is 1.96. The number of hydrogen-bond donors (Lipinski definition) is 3. The number of nitrogens with one attached hydrogen (secondary N) is 3. The normalized spacial score (nSPS) is 17.6. The highest BCUT2D eigenvalue weighted by Crippen LogP contribution is 2.56. The van der Waals surface area contributed by atoms with E-state index in [0.29, 0.717) is 34.0 Å². The van der Waals surface area contributed by atoms with Crippen molar-refractivity contribution in [3.8, 4) is 5.69 Å². The predicted octanol–water partition coefficient (Wildman–Crippen LogP) is 4.67. The van der Waals surface area contributed by atoms with Gasteiger partial charge in [-0.05, 0) is 47.6 Å². The molecule has 1 spiro atoms. The van der Waals surface area contributed by atoms with Crippen LogP contribution in [0.3, 0.4) is 0 Å². The SMILES string of the molecule is Cc1nn(-c2ccccc2)c2c1[C@]1(C(=O)c3cccc4cccc1c34)c1c([nH]c(=S)[nH]c1=O)N2. The molecule has 5 aromatic rings. The first-order valence-electron chi connectivity index (χ1n) is 10.9. The fourth-order valence-corrected chi connectivity index (χ4v) is 5.89. The maximum atomic E-state index is 14.5. The Bertz CT molecular complexity index is 1810. The van der Waals surface area contributed by atoms with E-state index < -0.39 is 11.0 Å². The van der Waals surface area contributed by atoms with Crippen LogP contribution in [0.1, 0.15) is 32.7 Å². The Morgan fingerprint density at radius 2 is 1.68 bits per heavy atom. The molecule has 0 fully saturated rings. The lowest BCUT2D eigenvalue weighted by molar-refractivity contribution is 0.0943. The minimum Gasteiger partial charge on any atom is -0.326 e. The van der Waals surface area contributed by atoms with Crippen LogP contribution in [0.4, 0.5) is 11.6 Å². The topological polar surface area (TPSA) is 95.6 Å². The van der Waals surface area contributed by atoms with Gasteiger partial charge in [0.1, 0.15) is 17.1 Å². The lowest BCUT2D eigenvalue weighted by atomic mass is 9.67. The number of anilines is 2. The molecule has 3 heterocycles. The van der Waals surface area contributed by atoms with Crippen molar-refractivity contribution in [3.05, 3.63) is 110 Å². The number of Topliss-reactive ketones (excluding diaryl/α,β-unsaturated/α-hetero) is 1. The highest BCUT2D eigenvalue weighted by atomic mass is 32.1. The number of aryl methyl sites for hydroxylation is 1. The largest absolute Gasteiger partial charge is 0.326 e. The third-order valence-corrected chi connectivity index (χ3v) is 7.10. The number of carbonyl (C=O) groups is 1. The lowest BCUT2D eigenvalue weighted by Gasteiger charge is -2.35. The van der Waals surface area contributed by atoms with Crippen LogP contribution in [0.15, 0.2) is 71.5 Å². The number of benzene rings is 3. The second-order valence-corrected chi connectivity index (χ2v) is 9.04. The van der Waals surface area contributed by atoms with Crippen molar-refractivity contribution in [2.45, 2.75) is 12.3 Å². The van der Waals surface area contributed by atoms with Crippen molar-refractivity contribution < 1.29 is 4.79 Å². The molecule has 164 valence electrons. The number of fused-ring (bicyclic) bond motifs is 5. The van der Waals surface area contributed by atoms with Gasteiger partial charge in [-0.15, -0.1) is 0 Å². The van der Waals surface area contributed by atoms with Gasteiger partial charge < -0.3 is 10.3 Å². The fourth-order valence-electron chi connectivity index (χ4n) is 5.69. The molecule has 34 heavy (non-hydrogen) atoms. The summed E-state index contributed by atoms with van der Waals surface area (Å²) in [6, 6.07) is 21.2. The average Bonchev–Trinajstić information content (AvgIpc) is 3.29. The molecule has 3 N–H and O–H groups in total. The molecule has 7 nitrogen and oxygen atoms in total. The molecule has 1 atom stereocenters. The standard InChI is InChI=1S/C26H17N5O2S/c1-13-19-23(31(30-13)15-9-3-2-4-10-15)27-22-20(24(33)29-25(34)28-22)26(19)17-12-6-8-14-7-5-11-16(18(14)17)21(26)32/h2-12H,1H3,(H3,27,28,29,33,34)/t26-/m0/s1. The van der Waals surface area contributed by atoms with E-state index in [2.05, 4.69) is 15.3 Å². The Kier molecular flexibility index (Phi) is 3.61. The molecular weight excluding hydrogens is 446 g/mol. The molecule has 0 saturated carbocycles. The van der Waals surface area contributed by atoms with Gasteiger partial charge in [-0.3, -0.25) is 14.6 Å². The Labute approximate surface area is 198 Å². The van der Waals surface area contributed by atoms with Gasteiger partial charge in [0.05, 0.1) is 16.9 Å². The minimum atomic E-state index is -1.36. The van der Waals surface area contributed by atoms with Gasteiger partial charge >= 0.3 is 0 Å². The number of nitrogens with zero attached hydrogens (tertiary/aromatic N) is 2. The molecule has 0 bridgehead atoms. The summed E-state index contributed by atoms with van der Waals surface area (Å²) in [5.74, 6) is 0.886. The van der Waals surface area contributed by atoms with E-state index in [1.807, 2.05) is 73.7 Å². The quantitative estimate of drug-likeness (QED) is 0.314. The molecule has 3 aromatic carbocycles. The Balaban J connectivity index is 1.70. The van der Waals surface area contributed by atoms with E-state index in [1.54, 1.807) is 4.68 Å². The van der Waals surface area contributed by atoms with Crippen molar-refractivity contribution in [2.75, 3.05) is 5.32 Å². The van der Waals surface area contributed by atoms with Gasteiger partial charge in [0.2, 0.25) is 0 Å². The summed E-state index contributed by atoms with van der Waals surface area (Å²) in [6.07, 6.45) is 0. The predicted molar refractivity (Wildman–Crippen MR) is 132 cm³/mol. The van der Waals surface area contributed by atoms with Crippen molar-refractivity contribution in [3.63, 3.8) is 0 Å². The van der Waals surface area contributed by atoms with Gasteiger partial charge in [0, 0.05) is 11.1 Å². The van der Waals surface area contributed by atoms with E-state index >= 15 is 0 Å². The highest BCUT2D eigenvalue weighted by molar-refractivity contribution is 7.71. The summed E-state index contributed by atoms with van der Waals surface area (Å²) in [7, 11) is 0. The van der Waals surface area contributed by atoms with Crippen LogP contribution in [0.25, 0.3) is 16.5 Å². The third-order valence-electron chi connectivity index (χ3n) is 6.89. The molecule has 0 unspecified atom stereocenters. The Morgan fingerprint density at radius 3 is 2.47 bits per heavy atom. The zero-order valence-electron chi connectivity index (χ0n) is 18.0. The van der Waals surface area contributed by atoms with Gasteiger partial charge in [0.15, 0.2) is 10.6 Å². The molecule has 1 aliphatic carbocycles. The van der Waals surface area contributed by atoms with E-state index in [1.165, 1.54) is 0 Å². The number of H-pyrrole nitrogens is 2. The van der Waals surface area contributed by atoms with Gasteiger partial charge in [-0.25, -0.2) is 4.68 Å². The molecule has 0 radical (unpaired) electrons. The van der Waals surface area contributed by atoms with Crippen LogP contribution < -0.4 is 10.9 Å². The average molecular weight is 464 g/mol. The summed E-state index contributed by atoms with van der Waals surface area (Å²) in [4.78, 5) is 33.7. The lowest BCUT2D eigenvalue weighted by Crippen LogP contribution is -2.44. The highest BCUT2D eigenvalue weighted by Gasteiger charge is 2.57. The molecule has 0 saturated heterocycles. The van der Waals surface area contributed by atoms with E-state index in [-0.39, 0.29) is 10.6 Å². The van der Waals surface area contributed by atoms with Gasteiger partial charge in [0.25, 0.3) is 5.56 Å². The van der Waals surface area contributed by atoms with Gasteiger partial charge in [-0.2, -0.15) is 5.10 Å². The van der Waals surface area contributed by atoms with E-state index in [4.69, 9.17) is 17.3 Å². The first-order valence-corrected chi connectivity index (χ1v) is 11.3. The van der Waals surface area contributed by atoms with E-state index in [0.717, 1.165) is 22.0 Å². The van der Waals surface area contributed by atoms with Crippen LogP contribution >= 0.6 is 12.2 Å². The summed E-state index contributed by atoms with van der Waals surface area (Å²) in [5.41, 5.74) is 2.10. The minimum absolute atomic E-state index is 0.143. The van der Waals surface area contributed by atoms with Crippen molar-refractivity contribution in [1.29, 1.82) is 0 Å². The smallest absolute Gasteiger partial charge is 0.258 e. The fraction of sp³-hybridized carbons (Fsp3) is 0.0769. The third kappa shape index (κ3) is 2.16. The molecule has 2 aliphatic rings. The van der Waals surface area contributed by atoms with Crippen LogP contribution in [-0.2, 0) is 5.41 Å². The number of para-hydroxylation sites is 1. The molecule has 2 aromatic heterocycles.